The van der Waals surface area contributed by atoms with Crippen molar-refractivity contribution in [2.75, 3.05) is 0 Å². The van der Waals surface area contributed by atoms with Gasteiger partial charge >= 0.3 is 0 Å². The van der Waals surface area contributed by atoms with Crippen LogP contribution in [0.15, 0.2) is 85.2 Å². The van der Waals surface area contributed by atoms with Crippen molar-refractivity contribution in [2.45, 2.75) is 0 Å². The molecule has 3 aromatic heterocycles. The Kier molecular flexibility index (Phi) is 3.22. The molecule has 0 N–H and O–H groups in total. The number of hydrogen-bond donors (Lipinski definition) is 0. The number of aromatic nitrogens is 3. The van der Waals surface area contributed by atoms with Crippen LogP contribution in [-0.2, 0) is 0 Å². The van der Waals surface area contributed by atoms with Crippen molar-refractivity contribution in [2.24, 2.45) is 0 Å². The molecule has 4 nitrogen and oxygen atoms in total. The largest absolute Gasteiger partial charge is 0.301 e. The number of carbonyl (C=O) groups is 1. The third-order valence-corrected chi connectivity index (χ3v) is 4.68. The Bertz CT molecular complexity index is 1260. The van der Waals surface area contributed by atoms with Gasteiger partial charge in [-0.2, -0.15) is 0 Å². The second-order valence-electron chi connectivity index (χ2n) is 6.19. The lowest BCUT2D eigenvalue weighted by Gasteiger charge is -2.09. The molecule has 0 spiro atoms. The average Bonchev–Trinajstić information content (AvgIpc) is 3.30. The lowest BCUT2D eigenvalue weighted by molar-refractivity contribution is 0.112. The molecule has 26 heavy (non-hydrogen) atoms. The highest BCUT2D eigenvalue weighted by molar-refractivity contribution is 5.98. The number of aldehydes is 1. The number of benzene rings is 2. The van der Waals surface area contributed by atoms with E-state index in [1.54, 1.807) is 0 Å². The topological polar surface area (TPSA) is 39.8 Å². The van der Waals surface area contributed by atoms with Gasteiger partial charge in [0.1, 0.15) is 11.6 Å². The van der Waals surface area contributed by atoms with Gasteiger partial charge in [0, 0.05) is 23.3 Å². The molecule has 124 valence electrons. The summed E-state index contributed by atoms with van der Waals surface area (Å²) < 4.78 is 4.04. The van der Waals surface area contributed by atoms with E-state index in [4.69, 9.17) is 4.98 Å². The first-order chi connectivity index (χ1) is 12.8. The molecule has 0 aliphatic heterocycles. The number of fused-ring (bicyclic) bond motifs is 2. The van der Waals surface area contributed by atoms with Gasteiger partial charge in [-0.05, 0) is 35.7 Å². The number of pyridine rings is 1. The second kappa shape index (κ2) is 5.70. The van der Waals surface area contributed by atoms with Gasteiger partial charge in [-0.3, -0.25) is 4.79 Å². The minimum Gasteiger partial charge on any atom is -0.301 e. The fourth-order valence-electron chi connectivity index (χ4n) is 3.45. The van der Waals surface area contributed by atoms with E-state index in [1.807, 2.05) is 71.6 Å². The summed E-state index contributed by atoms with van der Waals surface area (Å²) in [6.07, 6.45) is 4.76. The SMILES string of the molecule is O=Cc1cn(-c2cccc(-n3ccc4ccccc43)n2)c2ccccc12. The highest BCUT2D eigenvalue weighted by Gasteiger charge is 2.11. The Morgan fingerprint density at radius 3 is 2.31 bits per heavy atom. The maximum Gasteiger partial charge on any atom is 0.152 e. The van der Waals surface area contributed by atoms with Crippen molar-refractivity contribution in [3.8, 4) is 11.6 Å². The van der Waals surface area contributed by atoms with Crippen LogP contribution < -0.4 is 0 Å². The number of nitrogens with zero attached hydrogens (tertiary/aromatic N) is 3. The molecule has 0 fully saturated rings. The zero-order valence-electron chi connectivity index (χ0n) is 13.9. The summed E-state index contributed by atoms with van der Waals surface area (Å²) in [7, 11) is 0. The van der Waals surface area contributed by atoms with E-state index >= 15 is 0 Å². The van der Waals surface area contributed by atoms with Crippen LogP contribution in [0.1, 0.15) is 10.4 Å². The van der Waals surface area contributed by atoms with E-state index < -0.39 is 0 Å². The Labute approximate surface area is 149 Å². The molecule has 2 aromatic carbocycles. The van der Waals surface area contributed by atoms with Gasteiger partial charge in [0.25, 0.3) is 0 Å². The van der Waals surface area contributed by atoms with Crippen LogP contribution in [0.4, 0.5) is 0 Å². The third-order valence-electron chi connectivity index (χ3n) is 4.68. The van der Waals surface area contributed by atoms with Crippen molar-refractivity contribution < 1.29 is 4.79 Å². The number of hydrogen-bond acceptors (Lipinski definition) is 2. The van der Waals surface area contributed by atoms with Crippen LogP contribution in [0.3, 0.4) is 0 Å². The maximum absolute atomic E-state index is 11.4. The standard InChI is InChI=1S/C22H15N3O/c26-15-17-14-25(20-9-4-2-7-18(17)20)22-11-5-10-21(23-22)24-13-12-16-6-1-3-8-19(16)24/h1-15H. The highest BCUT2D eigenvalue weighted by Crippen LogP contribution is 2.24. The second-order valence-corrected chi connectivity index (χ2v) is 6.19. The van der Waals surface area contributed by atoms with Crippen molar-refractivity contribution in [1.82, 2.24) is 14.1 Å². The average molecular weight is 337 g/mol. The summed E-state index contributed by atoms with van der Waals surface area (Å²) in [5.74, 6) is 1.62. The van der Waals surface area contributed by atoms with Crippen LogP contribution in [0.2, 0.25) is 0 Å². The molecule has 0 amide bonds. The van der Waals surface area contributed by atoms with Crippen molar-refractivity contribution >= 4 is 28.1 Å². The summed E-state index contributed by atoms with van der Waals surface area (Å²) in [5, 5.41) is 2.11. The van der Waals surface area contributed by atoms with E-state index in [2.05, 4.69) is 22.8 Å². The smallest absolute Gasteiger partial charge is 0.152 e. The van der Waals surface area contributed by atoms with Crippen LogP contribution in [-0.4, -0.2) is 20.4 Å². The van der Waals surface area contributed by atoms with Gasteiger partial charge in [-0.25, -0.2) is 4.98 Å². The summed E-state index contributed by atoms with van der Waals surface area (Å²) in [6, 6.07) is 24.1. The summed E-state index contributed by atoms with van der Waals surface area (Å²) >= 11 is 0. The molecule has 5 rings (SSSR count). The molecule has 0 unspecified atom stereocenters. The number of carbonyl (C=O) groups excluding carboxylic acids is 1. The van der Waals surface area contributed by atoms with E-state index in [0.717, 1.165) is 34.3 Å². The van der Waals surface area contributed by atoms with E-state index in [0.29, 0.717) is 5.56 Å². The summed E-state index contributed by atoms with van der Waals surface area (Å²) in [5.41, 5.74) is 2.75. The van der Waals surface area contributed by atoms with Gasteiger partial charge in [0.05, 0.1) is 11.0 Å². The quantitative estimate of drug-likeness (QED) is 0.444. The van der Waals surface area contributed by atoms with Gasteiger partial charge in [0.2, 0.25) is 0 Å². The van der Waals surface area contributed by atoms with Gasteiger partial charge in [-0.15, -0.1) is 0 Å². The molecular formula is C22H15N3O. The molecule has 0 aliphatic carbocycles. The Hall–Kier alpha value is -3.66. The monoisotopic (exact) mass is 337 g/mol. The molecule has 0 bridgehead atoms. The lowest BCUT2D eigenvalue weighted by Crippen LogP contribution is -2.01. The number of rotatable bonds is 3. The Morgan fingerprint density at radius 1 is 0.731 bits per heavy atom. The fraction of sp³-hybridized carbons (Fsp3) is 0. The molecule has 5 aromatic rings. The van der Waals surface area contributed by atoms with Crippen molar-refractivity contribution in [3.63, 3.8) is 0 Å². The number of para-hydroxylation sites is 2. The van der Waals surface area contributed by atoms with Crippen molar-refractivity contribution in [1.29, 1.82) is 0 Å². The zero-order valence-corrected chi connectivity index (χ0v) is 13.9. The predicted octanol–water partition coefficient (Wildman–Crippen LogP) is 4.78. The molecule has 0 aliphatic rings. The molecule has 0 atom stereocenters. The van der Waals surface area contributed by atoms with E-state index in [-0.39, 0.29) is 0 Å². The van der Waals surface area contributed by atoms with E-state index in [1.165, 1.54) is 5.39 Å². The molecule has 4 heteroatoms. The van der Waals surface area contributed by atoms with Gasteiger partial charge < -0.3 is 9.13 Å². The summed E-state index contributed by atoms with van der Waals surface area (Å²) in [4.78, 5) is 16.3. The summed E-state index contributed by atoms with van der Waals surface area (Å²) in [6.45, 7) is 0. The minimum atomic E-state index is 0.666. The fourth-order valence-corrected chi connectivity index (χ4v) is 3.45. The normalized spacial score (nSPS) is 11.2. The predicted molar refractivity (Wildman–Crippen MR) is 103 cm³/mol. The first kappa shape index (κ1) is 14.7. The lowest BCUT2D eigenvalue weighted by atomic mass is 10.2. The molecular weight excluding hydrogens is 322 g/mol. The van der Waals surface area contributed by atoms with Crippen LogP contribution in [0.25, 0.3) is 33.4 Å². The molecule has 0 saturated heterocycles. The third kappa shape index (κ3) is 2.16. The molecule has 0 saturated carbocycles. The van der Waals surface area contributed by atoms with Crippen molar-refractivity contribution in [3.05, 3.63) is 90.8 Å². The maximum atomic E-state index is 11.4. The molecule has 0 radical (unpaired) electrons. The highest BCUT2D eigenvalue weighted by atomic mass is 16.1. The van der Waals surface area contributed by atoms with Crippen LogP contribution in [0, 0.1) is 0 Å². The first-order valence-electron chi connectivity index (χ1n) is 8.44. The first-order valence-corrected chi connectivity index (χ1v) is 8.44. The molecule has 3 heterocycles. The van der Waals surface area contributed by atoms with Crippen LogP contribution in [0.5, 0.6) is 0 Å². The zero-order chi connectivity index (χ0) is 17.5. The van der Waals surface area contributed by atoms with E-state index in [9.17, 15) is 4.79 Å². The van der Waals surface area contributed by atoms with Gasteiger partial charge in [0.15, 0.2) is 6.29 Å². The van der Waals surface area contributed by atoms with Crippen LogP contribution >= 0.6 is 0 Å². The Balaban J connectivity index is 1.71. The minimum absolute atomic E-state index is 0.666. The Morgan fingerprint density at radius 2 is 1.46 bits per heavy atom. The van der Waals surface area contributed by atoms with Gasteiger partial charge in [-0.1, -0.05) is 42.5 Å².